The molecule has 0 aliphatic rings. The molecular weight excluding hydrogens is 301 g/mol. The van der Waals surface area contributed by atoms with Crippen molar-refractivity contribution in [2.45, 2.75) is 20.0 Å². The van der Waals surface area contributed by atoms with Crippen LogP contribution in [0.5, 0.6) is 0 Å². The summed E-state index contributed by atoms with van der Waals surface area (Å²) in [5.74, 6) is -0.955. The van der Waals surface area contributed by atoms with Crippen LogP contribution < -0.4 is 0 Å². The Labute approximate surface area is 132 Å². The fourth-order valence-electron chi connectivity index (χ4n) is 2.14. The second-order valence-corrected chi connectivity index (χ2v) is 5.43. The molecule has 0 saturated carbocycles. The fraction of sp³-hybridized carbons (Fsp3) is 0.235. The third-order valence-electron chi connectivity index (χ3n) is 3.35. The number of nitro groups is 1. The van der Waals surface area contributed by atoms with Gasteiger partial charge in [0.2, 0.25) is 0 Å². The summed E-state index contributed by atoms with van der Waals surface area (Å²) in [5.41, 5.74) is 0.820. The summed E-state index contributed by atoms with van der Waals surface area (Å²) < 4.78 is 18.5. The third-order valence-corrected chi connectivity index (χ3v) is 3.35. The summed E-state index contributed by atoms with van der Waals surface area (Å²) in [7, 11) is 0. The Morgan fingerprint density at radius 1 is 1.09 bits per heavy atom. The van der Waals surface area contributed by atoms with Crippen molar-refractivity contribution in [3.8, 4) is 0 Å². The van der Waals surface area contributed by atoms with Gasteiger partial charge in [-0.25, -0.2) is 9.18 Å². The highest BCUT2D eigenvalue weighted by Gasteiger charge is 2.22. The molecule has 2 aromatic carbocycles. The molecule has 1 unspecified atom stereocenters. The Morgan fingerprint density at radius 2 is 1.65 bits per heavy atom. The van der Waals surface area contributed by atoms with Gasteiger partial charge in [0.25, 0.3) is 5.69 Å². The zero-order valence-electron chi connectivity index (χ0n) is 12.7. The molecule has 0 spiro atoms. The van der Waals surface area contributed by atoms with E-state index in [0.717, 1.165) is 0 Å². The fourth-order valence-corrected chi connectivity index (χ4v) is 2.14. The summed E-state index contributed by atoms with van der Waals surface area (Å²) in [6, 6.07) is 11.0. The van der Waals surface area contributed by atoms with Crippen LogP contribution in [0.15, 0.2) is 48.5 Å². The van der Waals surface area contributed by atoms with Crippen LogP contribution >= 0.6 is 0 Å². The van der Waals surface area contributed by atoms with Crippen molar-refractivity contribution in [2.24, 2.45) is 5.92 Å². The number of ether oxygens (including phenoxy) is 1. The molecule has 0 amide bonds. The van der Waals surface area contributed by atoms with Crippen molar-refractivity contribution < 1.29 is 18.8 Å². The zero-order valence-corrected chi connectivity index (χ0v) is 12.7. The van der Waals surface area contributed by atoms with Crippen molar-refractivity contribution in [1.82, 2.24) is 0 Å². The highest BCUT2D eigenvalue weighted by molar-refractivity contribution is 5.89. The minimum Gasteiger partial charge on any atom is -0.454 e. The van der Waals surface area contributed by atoms with Crippen molar-refractivity contribution >= 4 is 11.7 Å². The van der Waals surface area contributed by atoms with Gasteiger partial charge in [-0.15, -0.1) is 0 Å². The largest absolute Gasteiger partial charge is 0.454 e. The molecule has 120 valence electrons. The van der Waals surface area contributed by atoms with Crippen LogP contribution in [0.3, 0.4) is 0 Å². The summed E-state index contributed by atoms with van der Waals surface area (Å²) in [5, 5.41) is 10.6. The summed E-state index contributed by atoms with van der Waals surface area (Å²) in [6.07, 6.45) is -0.529. The smallest absolute Gasteiger partial charge is 0.338 e. The van der Waals surface area contributed by atoms with E-state index < -0.39 is 17.0 Å². The lowest BCUT2D eigenvalue weighted by Crippen LogP contribution is -2.16. The van der Waals surface area contributed by atoms with E-state index in [1.165, 1.54) is 36.4 Å². The number of nitrogens with zero attached hydrogens (tertiary/aromatic N) is 1. The van der Waals surface area contributed by atoms with Gasteiger partial charge in [-0.05, 0) is 35.7 Å². The van der Waals surface area contributed by atoms with Crippen LogP contribution in [0.4, 0.5) is 10.1 Å². The standard InChI is InChI=1S/C17H16FNO4/c1-11(2)16(12-3-7-14(18)8-4-12)23-17(20)13-5-9-15(10-6-13)19(21)22/h3-11,16H,1-2H3. The van der Waals surface area contributed by atoms with Gasteiger partial charge in [0.1, 0.15) is 11.9 Å². The number of non-ortho nitro benzene ring substituents is 1. The number of nitro benzene ring substituents is 1. The van der Waals surface area contributed by atoms with E-state index in [4.69, 9.17) is 4.74 Å². The molecule has 0 N–H and O–H groups in total. The van der Waals surface area contributed by atoms with Gasteiger partial charge in [-0.2, -0.15) is 0 Å². The predicted octanol–water partition coefficient (Wildman–Crippen LogP) is 4.29. The second kappa shape index (κ2) is 7.00. The molecule has 0 aliphatic carbocycles. The highest BCUT2D eigenvalue weighted by Crippen LogP contribution is 2.27. The molecule has 0 bridgehead atoms. The van der Waals surface area contributed by atoms with E-state index in [-0.39, 0.29) is 23.0 Å². The van der Waals surface area contributed by atoms with Crippen molar-refractivity contribution in [1.29, 1.82) is 0 Å². The first-order valence-corrected chi connectivity index (χ1v) is 7.09. The number of carbonyl (C=O) groups excluding carboxylic acids is 1. The van der Waals surface area contributed by atoms with E-state index in [1.807, 2.05) is 13.8 Å². The van der Waals surface area contributed by atoms with Gasteiger partial charge in [-0.3, -0.25) is 10.1 Å². The zero-order chi connectivity index (χ0) is 17.0. The summed E-state index contributed by atoms with van der Waals surface area (Å²) in [6.45, 7) is 3.77. The first-order valence-electron chi connectivity index (χ1n) is 7.09. The van der Waals surface area contributed by atoms with Crippen molar-refractivity contribution in [3.63, 3.8) is 0 Å². The Kier molecular flexibility index (Phi) is 5.05. The van der Waals surface area contributed by atoms with Gasteiger partial charge in [-0.1, -0.05) is 26.0 Å². The summed E-state index contributed by atoms with van der Waals surface area (Å²) in [4.78, 5) is 22.3. The number of carbonyl (C=O) groups is 1. The first-order chi connectivity index (χ1) is 10.9. The second-order valence-electron chi connectivity index (χ2n) is 5.43. The molecule has 1 atom stereocenters. The van der Waals surface area contributed by atoms with Crippen LogP contribution in [-0.4, -0.2) is 10.9 Å². The van der Waals surface area contributed by atoms with Gasteiger partial charge < -0.3 is 4.74 Å². The Balaban J connectivity index is 2.17. The average molecular weight is 317 g/mol. The number of rotatable bonds is 5. The molecule has 0 aliphatic heterocycles. The van der Waals surface area contributed by atoms with Crippen LogP contribution in [0.2, 0.25) is 0 Å². The molecule has 2 rings (SSSR count). The maximum Gasteiger partial charge on any atom is 0.338 e. The molecule has 0 fully saturated rings. The predicted molar refractivity (Wildman–Crippen MR) is 82.5 cm³/mol. The molecule has 2 aromatic rings. The lowest BCUT2D eigenvalue weighted by atomic mass is 9.99. The highest BCUT2D eigenvalue weighted by atomic mass is 19.1. The molecule has 0 heterocycles. The van der Waals surface area contributed by atoms with Gasteiger partial charge in [0.05, 0.1) is 10.5 Å². The van der Waals surface area contributed by atoms with E-state index in [1.54, 1.807) is 12.1 Å². The molecule has 6 heteroatoms. The number of esters is 1. The average Bonchev–Trinajstić information content (AvgIpc) is 2.53. The molecule has 0 aromatic heterocycles. The van der Waals surface area contributed by atoms with E-state index in [9.17, 15) is 19.3 Å². The maximum atomic E-state index is 13.0. The number of hydrogen-bond donors (Lipinski definition) is 0. The molecular formula is C17H16FNO4. The minimum atomic E-state index is -0.581. The van der Waals surface area contributed by atoms with Crippen LogP contribution in [0.25, 0.3) is 0 Å². The van der Waals surface area contributed by atoms with Crippen molar-refractivity contribution in [3.05, 3.63) is 75.6 Å². The van der Waals surface area contributed by atoms with Gasteiger partial charge >= 0.3 is 5.97 Å². The number of benzene rings is 2. The Morgan fingerprint density at radius 3 is 2.13 bits per heavy atom. The molecule has 5 nitrogen and oxygen atoms in total. The quantitative estimate of drug-likeness (QED) is 0.468. The number of halogens is 1. The lowest BCUT2D eigenvalue weighted by Gasteiger charge is -2.22. The minimum absolute atomic E-state index is 0.0116. The van der Waals surface area contributed by atoms with Crippen LogP contribution in [-0.2, 0) is 4.74 Å². The monoisotopic (exact) mass is 317 g/mol. The Bertz CT molecular complexity index is 696. The van der Waals surface area contributed by atoms with Gasteiger partial charge in [0.15, 0.2) is 0 Å². The third kappa shape index (κ3) is 4.12. The normalized spacial score (nSPS) is 12.0. The van der Waals surface area contributed by atoms with E-state index >= 15 is 0 Å². The van der Waals surface area contributed by atoms with Crippen molar-refractivity contribution in [2.75, 3.05) is 0 Å². The molecule has 0 radical (unpaired) electrons. The first kappa shape index (κ1) is 16.6. The molecule has 0 saturated heterocycles. The Hall–Kier alpha value is -2.76. The topological polar surface area (TPSA) is 69.4 Å². The number of hydrogen-bond acceptors (Lipinski definition) is 4. The van der Waals surface area contributed by atoms with Crippen LogP contribution in [0, 0.1) is 21.8 Å². The van der Waals surface area contributed by atoms with E-state index in [0.29, 0.717) is 5.56 Å². The van der Waals surface area contributed by atoms with E-state index in [2.05, 4.69) is 0 Å². The lowest BCUT2D eigenvalue weighted by molar-refractivity contribution is -0.384. The SMILES string of the molecule is CC(C)C(OC(=O)c1ccc([N+](=O)[O-])cc1)c1ccc(F)cc1. The summed E-state index contributed by atoms with van der Waals surface area (Å²) >= 11 is 0. The van der Waals surface area contributed by atoms with Crippen LogP contribution in [0.1, 0.15) is 35.9 Å². The molecule has 23 heavy (non-hydrogen) atoms. The van der Waals surface area contributed by atoms with Gasteiger partial charge in [0, 0.05) is 12.1 Å². The maximum absolute atomic E-state index is 13.0.